The third-order valence-corrected chi connectivity index (χ3v) is 15.1. The molecule has 0 aliphatic carbocycles. The number of nitrogens with zero attached hydrogens (tertiary/aromatic N) is 2. The second-order valence-electron chi connectivity index (χ2n) is 13.9. The summed E-state index contributed by atoms with van der Waals surface area (Å²) in [5.74, 6) is -0.460. The summed E-state index contributed by atoms with van der Waals surface area (Å²) in [7, 11) is -2.85. The van der Waals surface area contributed by atoms with Gasteiger partial charge in [0.25, 0.3) is 14.2 Å². The van der Waals surface area contributed by atoms with Crippen molar-refractivity contribution in [3.8, 4) is 5.69 Å². The smallest absolute Gasteiger partial charge is 0.261 e. The van der Waals surface area contributed by atoms with Crippen molar-refractivity contribution in [2.24, 2.45) is 0 Å². The SMILES string of the molecule is CC(C)(C)[Si](OCc1c(Cl)ccc(-n2cccc2CNC(=O)C=Cc2ccc(C(=O)NCc3ccccn3)cc2)c1Cl)(c1ccccc1)c1ccccc1. The lowest BCUT2D eigenvalue weighted by atomic mass is 10.1. The van der Waals surface area contributed by atoms with Crippen LogP contribution in [0.25, 0.3) is 11.8 Å². The average molecular weight is 774 g/mol. The average Bonchev–Trinajstić information content (AvgIpc) is 3.66. The zero-order valence-electron chi connectivity index (χ0n) is 30.4. The van der Waals surface area contributed by atoms with Gasteiger partial charge in [0, 0.05) is 40.3 Å². The Morgan fingerprint density at radius 2 is 1.44 bits per heavy atom. The maximum absolute atomic E-state index is 12.9. The molecule has 4 aromatic carbocycles. The Bertz CT molecular complexity index is 2180. The van der Waals surface area contributed by atoms with Crippen LogP contribution in [0, 0.1) is 0 Å². The van der Waals surface area contributed by atoms with E-state index >= 15 is 0 Å². The summed E-state index contributed by atoms with van der Waals surface area (Å²) in [6.07, 6.45) is 6.78. The maximum atomic E-state index is 12.9. The van der Waals surface area contributed by atoms with E-state index in [1.807, 2.05) is 65.4 Å². The van der Waals surface area contributed by atoms with Crippen LogP contribution in [0.4, 0.5) is 0 Å². The van der Waals surface area contributed by atoms with Crippen molar-refractivity contribution in [1.29, 1.82) is 0 Å². The number of hydrogen-bond acceptors (Lipinski definition) is 4. The fraction of sp³-hybridized carbons (Fsp3) is 0.159. The van der Waals surface area contributed by atoms with Crippen molar-refractivity contribution in [3.05, 3.63) is 184 Å². The molecule has 0 fully saturated rings. The summed E-state index contributed by atoms with van der Waals surface area (Å²) < 4.78 is 9.13. The number of aromatic nitrogens is 2. The first kappa shape index (κ1) is 38.5. The van der Waals surface area contributed by atoms with Gasteiger partial charge in [-0.2, -0.15) is 0 Å². The van der Waals surface area contributed by atoms with Crippen LogP contribution >= 0.6 is 23.2 Å². The minimum Gasteiger partial charge on any atom is -0.403 e. The highest BCUT2D eigenvalue weighted by Gasteiger charge is 2.50. The number of amides is 2. The Labute approximate surface area is 327 Å². The van der Waals surface area contributed by atoms with Gasteiger partial charge < -0.3 is 19.6 Å². The van der Waals surface area contributed by atoms with Gasteiger partial charge in [-0.3, -0.25) is 14.6 Å². The first-order chi connectivity index (χ1) is 26.1. The molecule has 0 aliphatic heterocycles. The van der Waals surface area contributed by atoms with Gasteiger partial charge in [0.2, 0.25) is 5.91 Å². The minimum absolute atomic E-state index is 0.198. The van der Waals surface area contributed by atoms with Crippen LogP contribution in [0.2, 0.25) is 15.1 Å². The molecule has 2 N–H and O–H groups in total. The zero-order chi connectivity index (χ0) is 38.1. The van der Waals surface area contributed by atoms with Crippen LogP contribution in [0.1, 0.15) is 53.6 Å². The van der Waals surface area contributed by atoms with E-state index in [1.165, 1.54) is 16.4 Å². The first-order valence-corrected chi connectivity index (χ1v) is 20.4. The molecular formula is C44H42Cl2N4O3Si. The molecule has 0 unspecified atom stereocenters. The lowest BCUT2D eigenvalue weighted by Gasteiger charge is -2.43. The molecule has 0 bridgehead atoms. The Kier molecular flexibility index (Phi) is 12.3. The summed E-state index contributed by atoms with van der Waals surface area (Å²) in [5.41, 5.74) is 4.35. The fourth-order valence-electron chi connectivity index (χ4n) is 6.57. The van der Waals surface area contributed by atoms with E-state index in [4.69, 9.17) is 27.6 Å². The number of rotatable bonds is 13. The van der Waals surface area contributed by atoms with E-state index < -0.39 is 8.32 Å². The van der Waals surface area contributed by atoms with Crippen LogP contribution in [-0.4, -0.2) is 29.7 Å². The molecule has 274 valence electrons. The highest BCUT2D eigenvalue weighted by Crippen LogP contribution is 2.39. The molecule has 0 saturated heterocycles. The molecule has 7 nitrogen and oxygen atoms in total. The fourth-order valence-corrected chi connectivity index (χ4v) is 11.7. The Hall–Kier alpha value is -5.25. The number of nitrogens with one attached hydrogen (secondary N) is 2. The van der Waals surface area contributed by atoms with Gasteiger partial charge in [-0.15, -0.1) is 0 Å². The minimum atomic E-state index is -2.85. The zero-order valence-corrected chi connectivity index (χ0v) is 32.9. The number of carbonyl (C=O) groups excluding carboxylic acids is 2. The van der Waals surface area contributed by atoms with Gasteiger partial charge in [-0.25, -0.2) is 0 Å². The molecule has 2 amide bonds. The number of carbonyl (C=O) groups is 2. The normalized spacial score (nSPS) is 11.8. The van der Waals surface area contributed by atoms with E-state index in [2.05, 4.69) is 84.9 Å². The van der Waals surface area contributed by atoms with Gasteiger partial charge in [-0.1, -0.05) is 123 Å². The van der Waals surface area contributed by atoms with E-state index in [0.29, 0.717) is 27.7 Å². The Balaban J connectivity index is 1.14. The summed E-state index contributed by atoms with van der Waals surface area (Å²) in [6, 6.07) is 41.1. The van der Waals surface area contributed by atoms with Gasteiger partial charge in [0.15, 0.2) is 0 Å². The van der Waals surface area contributed by atoms with E-state index in [-0.39, 0.29) is 30.0 Å². The van der Waals surface area contributed by atoms with Crippen molar-refractivity contribution in [2.45, 2.75) is 45.5 Å². The molecular weight excluding hydrogens is 732 g/mol. The van der Waals surface area contributed by atoms with Gasteiger partial charge >= 0.3 is 0 Å². The highest BCUT2D eigenvalue weighted by atomic mass is 35.5. The Morgan fingerprint density at radius 3 is 2.07 bits per heavy atom. The molecule has 10 heteroatoms. The molecule has 0 aliphatic rings. The summed E-state index contributed by atoms with van der Waals surface area (Å²) >= 11 is 14.0. The van der Waals surface area contributed by atoms with Crippen LogP contribution in [0.5, 0.6) is 0 Å². The molecule has 2 heterocycles. The quantitative estimate of drug-likeness (QED) is 0.0911. The molecule has 0 spiro atoms. The molecule has 6 rings (SSSR count). The first-order valence-electron chi connectivity index (χ1n) is 17.7. The molecule has 0 atom stereocenters. The lowest BCUT2D eigenvalue weighted by molar-refractivity contribution is -0.116. The lowest BCUT2D eigenvalue weighted by Crippen LogP contribution is -2.66. The Morgan fingerprint density at radius 1 is 0.778 bits per heavy atom. The number of halogens is 2. The third-order valence-electron chi connectivity index (χ3n) is 9.31. The predicted octanol–water partition coefficient (Wildman–Crippen LogP) is 8.52. The second-order valence-corrected chi connectivity index (χ2v) is 18.9. The summed E-state index contributed by atoms with van der Waals surface area (Å²) in [4.78, 5) is 29.7. The third kappa shape index (κ3) is 8.75. The molecule has 54 heavy (non-hydrogen) atoms. The summed E-state index contributed by atoms with van der Waals surface area (Å²) in [6.45, 7) is 7.52. The van der Waals surface area contributed by atoms with Crippen LogP contribution < -0.4 is 21.0 Å². The van der Waals surface area contributed by atoms with Crippen molar-refractivity contribution < 1.29 is 14.0 Å². The highest BCUT2D eigenvalue weighted by molar-refractivity contribution is 6.99. The standard InChI is InChI=1S/C44H42Cl2N4O3Si/c1-44(2,3)54(36-15-6-4-7-16-36,37-17-8-5-9-18-37)53-31-38-39(45)24-25-40(42(38)46)50-28-12-14-35(50)30-48-41(51)26-21-32-19-22-33(23-20-32)43(52)49-29-34-13-10-11-27-47-34/h4-28H,29-31H2,1-3H3,(H,48,51)(H,49,52). The van der Waals surface area contributed by atoms with E-state index in [1.54, 1.807) is 36.5 Å². The molecule has 6 aromatic rings. The molecule has 2 aromatic heterocycles. The van der Waals surface area contributed by atoms with Crippen molar-refractivity contribution in [2.75, 3.05) is 0 Å². The van der Waals surface area contributed by atoms with Crippen LogP contribution in [0.3, 0.4) is 0 Å². The van der Waals surface area contributed by atoms with Gasteiger partial charge in [0.05, 0.1) is 36.1 Å². The van der Waals surface area contributed by atoms with E-state index in [0.717, 1.165) is 22.6 Å². The van der Waals surface area contributed by atoms with E-state index in [9.17, 15) is 9.59 Å². The van der Waals surface area contributed by atoms with Crippen LogP contribution in [0.15, 0.2) is 146 Å². The second kappa shape index (κ2) is 17.3. The molecule has 0 radical (unpaired) electrons. The summed E-state index contributed by atoms with van der Waals surface area (Å²) in [5, 5.41) is 8.96. The number of hydrogen-bond donors (Lipinski definition) is 2. The largest absolute Gasteiger partial charge is 0.403 e. The topological polar surface area (TPSA) is 85.2 Å². The van der Waals surface area contributed by atoms with Crippen molar-refractivity contribution in [3.63, 3.8) is 0 Å². The predicted molar refractivity (Wildman–Crippen MR) is 221 cm³/mol. The van der Waals surface area contributed by atoms with Gasteiger partial charge in [0.1, 0.15) is 0 Å². The monoisotopic (exact) mass is 772 g/mol. The number of pyridine rings is 1. The molecule has 0 saturated carbocycles. The maximum Gasteiger partial charge on any atom is 0.261 e. The number of benzene rings is 4. The van der Waals surface area contributed by atoms with Crippen molar-refractivity contribution >= 4 is 59.8 Å². The van der Waals surface area contributed by atoms with Gasteiger partial charge in [-0.05, 0) is 75.6 Å². The van der Waals surface area contributed by atoms with Crippen molar-refractivity contribution in [1.82, 2.24) is 20.2 Å². The van der Waals surface area contributed by atoms with Crippen LogP contribution in [-0.2, 0) is 28.9 Å².